The van der Waals surface area contributed by atoms with Gasteiger partial charge in [-0.1, -0.05) is 0 Å². The Hall–Kier alpha value is -2.37. The number of rotatable bonds is 8. The molecule has 0 heterocycles. The molecule has 1 aromatic rings. The van der Waals surface area contributed by atoms with E-state index in [9.17, 15) is 14.4 Å². The number of benzene rings is 1. The molecule has 0 amide bonds. The van der Waals surface area contributed by atoms with Crippen LogP contribution in [0.15, 0.2) is 18.2 Å². The number of aldehydes is 1. The van der Waals surface area contributed by atoms with Crippen LogP contribution >= 0.6 is 0 Å². The maximum Gasteiger partial charge on any atom is 0.325 e. The highest BCUT2D eigenvalue weighted by Crippen LogP contribution is 2.19. The van der Waals surface area contributed by atoms with Gasteiger partial charge in [0.2, 0.25) is 0 Å². The summed E-state index contributed by atoms with van der Waals surface area (Å²) in [5.74, 6) is -0.862. The van der Waals surface area contributed by atoms with Crippen molar-refractivity contribution in [3.05, 3.63) is 29.3 Å². The highest BCUT2D eigenvalue weighted by atomic mass is 16.5. The van der Waals surface area contributed by atoms with Crippen LogP contribution in [0.3, 0.4) is 0 Å². The van der Waals surface area contributed by atoms with E-state index in [-0.39, 0.29) is 25.3 Å². The van der Waals surface area contributed by atoms with Crippen molar-refractivity contribution >= 4 is 23.9 Å². The maximum absolute atomic E-state index is 12.0. The number of carbonyl (C=O) groups excluding carboxylic acids is 3. The molecule has 1 rings (SSSR count). The minimum absolute atomic E-state index is 0.0781. The zero-order chi connectivity index (χ0) is 18.3. The highest BCUT2D eigenvalue weighted by molar-refractivity contribution is 5.83. The van der Waals surface area contributed by atoms with E-state index in [1.54, 1.807) is 57.7 Å². The summed E-state index contributed by atoms with van der Waals surface area (Å²) in [6, 6.07) is 5.11. The molecule has 0 aromatic heterocycles. The van der Waals surface area contributed by atoms with E-state index >= 15 is 0 Å². The number of ether oxygens (including phenoxy) is 2. The third-order valence-corrected chi connectivity index (χ3v) is 3.12. The SMILES string of the molecule is Cc1cc(N(CC(=O)OC(C)C)CC(=O)OC(C)C)ccc1C=O. The molecule has 0 atom stereocenters. The average molecular weight is 335 g/mol. The highest BCUT2D eigenvalue weighted by Gasteiger charge is 2.19. The molecule has 24 heavy (non-hydrogen) atoms. The maximum atomic E-state index is 12.0. The average Bonchev–Trinajstić information content (AvgIpc) is 2.44. The molecule has 0 saturated heterocycles. The first-order valence-electron chi connectivity index (χ1n) is 7.92. The minimum atomic E-state index is -0.431. The van der Waals surface area contributed by atoms with Gasteiger partial charge in [-0.2, -0.15) is 0 Å². The van der Waals surface area contributed by atoms with Crippen molar-refractivity contribution in [2.45, 2.75) is 46.8 Å². The van der Waals surface area contributed by atoms with E-state index in [4.69, 9.17) is 9.47 Å². The van der Waals surface area contributed by atoms with Crippen molar-refractivity contribution < 1.29 is 23.9 Å². The fraction of sp³-hybridized carbons (Fsp3) is 0.500. The number of anilines is 1. The van der Waals surface area contributed by atoms with Crippen LogP contribution in [0, 0.1) is 6.92 Å². The minimum Gasteiger partial charge on any atom is -0.462 e. The Balaban J connectivity index is 2.98. The number of carbonyl (C=O) groups is 3. The largest absolute Gasteiger partial charge is 0.462 e. The summed E-state index contributed by atoms with van der Waals surface area (Å²) in [5.41, 5.74) is 1.98. The molecule has 0 aliphatic heterocycles. The molecule has 0 saturated carbocycles. The number of nitrogens with zero attached hydrogens (tertiary/aromatic N) is 1. The van der Waals surface area contributed by atoms with E-state index in [1.165, 1.54) is 0 Å². The van der Waals surface area contributed by atoms with E-state index in [0.29, 0.717) is 11.3 Å². The van der Waals surface area contributed by atoms with Gasteiger partial charge in [0.1, 0.15) is 19.4 Å². The Kier molecular flexibility index (Phi) is 7.42. The Morgan fingerprint density at radius 1 is 1.04 bits per heavy atom. The lowest BCUT2D eigenvalue weighted by Gasteiger charge is -2.24. The normalized spacial score (nSPS) is 10.6. The van der Waals surface area contributed by atoms with Crippen molar-refractivity contribution in [3.63, 3.8) is 0 Å². The van der Waals surface area contributed by atoms with Crippen molar-refractivity contribution in [1.29, 1.82) is 0 Å². The molecule has 132 valence electrons. The number of esters is 2. The van der Waals surface area contributed by atoms with Crippen LogP contribution in [0.2, 0.25) is 0 Å². The van der Waals surface area contributed by atoms with Gasteiger partial charge in [0, 0.05) is 11.3 Å². The third kappa shape index (κ3) is 6.40. The van der Waals surface area contributed by atoms with Gasteiger partial charge in [0.25, 0.3) is 0 Å². The van der Waals surface area contributed by atoms with E-state index in [0.717, 1.165) is 11.8 Å². The summed E-state index contributed by atoms with van der Waals surface area (Å²) in [6.07, 6.45) is 0.297. The predicted molar refractivity (Wildman–Crippen MR) is 91.2 cm³/mol. The first kappa shape index (κ1) is 19.7. The third-order valence-electron chi connectivity index (χ3n) is 3.12. The van der Waals surface area contributed by atoms with Gasteiger partial charge in [-0.15, -0.1) is 0 Å². The number of aryl methyl sites for hydroxylation is 1. The second-order valence-electron chi connectivity index (χ2n) is 6.09. The summed E-state index contributed by atoms with van der Waals surface area (Å²) in [7, 11) is 0. The van der Waals surface area contributed by atoms with Gasteiger partial charge in [-0.25, -0.2) is 0 Å². The van der Waals surface area contributed by atoms with Crippen molar-refractivity contribution in [1.82, 2.24) is 0 Å². The predicted octanol–water partition coefficient (Wildman–Crippen LogP) is 2.52. The zero-order valence-corrected chi connectivity index (χ0v) is 14.9. The van der Waals surface area contributed by atoms with Gasteiger partial charge in [0.05, 0.1) is 12.2 Å². The van der Waals surface area contributed by atoms with Gasteiger partial charge in [-0.05, 0) is 58.4 Å². The van der Waals surface area contributed by atoms with Crippen molar-refractivity contribution in [2.75, 3.05) is 18.0 Å². The first-order chi connectivity index (χ1) is 11.2. The standard InChI is InChI=1S/C18H25NO5/c1-12(2)23-17(21)9-19(10-18(22)24-13(3)4)16-7-6-15(11-20)14(5)8-16/h6-8,11-13H,9-10H2,1-5H3. The van der Waals surface area contributed by atoms with Gasteiger partial charge in [0.15, 0.2) is 0 Å². The smallest absolute Gasteiger partial charge is 0.325 e. The summed E-state index contributed by atoms with van der Waals surface area (Å²) >= 11 is 0. The van der Waals surface area contributed by atoms with Crippen LogP contribution in [-0.2, 0) is 19.1 Å². The van der Waals surface area contributed by atoms with Gasteiger partial charge >= 0.3 is 11.9 Å². The lowest BCUT2D eigenvalue weighted by Crippen LogP contribution is -2.37. The molecular weight excluding hydrogens is 310 g/mol. The molecule has 0 fully saturated rings. The van der Waals surface area contributed by atoms with Crippen molar-refractivity contribution in [3.8, 4) is 0 Å². The summed E-state index contributed by atoms with van der Waals surface area (Å²) in [6.45, 7) is 8.69. The fourth-order valence-electron chi connectivity index (χ4n) is 2.14. The van der Waals surface area contributed by atoms with Crippen LogP contribution in [0.4, 0.5) is 5.69 Å². The van der Waals surface area contributed by atoms with Crippen LogP contribution in [0.1, 0.15) is 43.6 Å². The topological polar surface area (TPSA) is 72.9 Å². The van der Waals surface area contributed by atoms with Crippen LogP contribution in [0.5, 0.6) is 0 Å². The first-order valence-corrected chi connectivity index (χ1v) is 7.92. The summed E-state index contributed by atoms with van der Waals surface area (Å²) in [4.78, 5) is 36.5. The van der Waals surface area contributed by atoms with Gasteiger partial charge < -0.3 is 14.4 Å². The van der Waals surface area contributed by atoms with Crippen LogP contribution in [-0.4, -0.2) is 43.5 Å². The van der Waals surface area contributed by atoms with Crippen molar-refractivity contribution in [2.24, 2.45) is 0 Å². The molecule has 0 N–H and O–H groups in total. The van der Waals surface area contributed by atoms with Crippen LogP contribution < -0.4 is 4.90 Å². The summed E-state index contributed by atoms with van der Waals surface area (Å²) in [5, 5.41) is 0. The second kappa shape index (κ2) is 9.05. The number of hydrogen-bond acceptors (Lipinski definition) is 6. The molecule has 0 bridgehead atoms. The Labute approximate surface area is 142 Å². The molecule has 0 aliphatic rings. The number of hydrogen-bond donors (Lipinski definition) is 0. The Morgan fingerprint density at radius 2 is 1.54 bits per heavy atom. The quantitative estimate of drug-likeness (QED) is 0.537. The molecular formula is C18H25NO5. The molecule has 6 nitrogen and oxygen atoms in total. The lowest BCUT2D eigenvalue weighted by atomic mass is 10.1. The van der Waals surface area contributed by atoms with Gasteiger partial charge in [-0.3, -0.25) is 14.4 Å². The van der Waals surface area contributed by atoms with E-state index < -0.39 is 11.9 Å². The van der Waals surface area contributed by atoms with Crippen LogP contribution in [0.25, 0.3) is 0 Å². The fourth-order valence-corrected chi connectivity index (χ4v) is 2.14. The molecule has 1 aromatic carbocycles. The Bertz CT molecular complexity index is 571. The molecule has 0 aliphatic carbocycles. The monoisotopic (exact) mass is 335 g/mol. The second-order valence-corrected chi connectivity index (χ2v) is 6.09. The molecule has 0 spiro atoms. The lowest BCUT2D eigenvalue weighted by molar-refractivity contribution is -0.146. The molecule has 6 heteroatoms. The van der Waals surface area contributed by atoms with E-state index in [2.05, 4.69) is 0 Å². The summed E-state index contributed by atoms with van der Waals surface area (Å²) < 4.78 is 10.3. The Morgan fingerprint density at radius 3 is 1.92 bits per heavy atom. The molecule has 0 unspecified atom stereocenters. The van der Waals surface area contributed by atoms with E-state index in [1.807, 2.05) is 0 Å². The molecule has 0 radical (unpaired) electrons. The zero-order valence-electron chi connectivity index (χ0n) is 14.9.